The summed E-state index contributed by atoms with van der Waals surface area (Å²) in [5.41, 5.74) is 10.0. The van der Waals surface area contributed by atoms with Crippen molar-refractivity contribution in [3.05, 3.63) is 0 Å². The maximum absolute atomic E-state index is 10.1. The van der Waals surface area contributed by atoms with Gasteiger partial charge in [0.05, 0.1) is 0 Å². The van der Waals surface area contributed by atoms with Gasteiger partial charge in [-0.1, -0.05) is 0 Å². The van der Waals surface area contributed by atoms with Crippen molar-refractivity contribution in [2.75, 3.05) is 19.8 Å². The Balaban J connectivity index is 2.84. The zero-order chi connectivity index (χ0) is 7.82. The van der Waals surface area contributed by atoms with Gasteiger partial charge in [0.1, 0.15) is 6.61 Å². The van der Waals surface area contributed by atoms with Crippen LogP contribution in [0.1, 0.15) is 12.8 Å². The van der Waals surface area contributed by atoms with Gasteiger partial charge < -0.3 is 16.2 Å². The second-order valence-corrected chi connectivity index (χ2v) is 2.01. The molecule has 0 fully saturated rings. The van der Waals surface area contributed by atoms with Crippen molar-refractivity contribution >= 4 is 5.91 Å². The van der Waals surface area contributed by atoms with Gasteiger partial charge in [-0.15, -0.1) is 0 Å². The molecule has 0 saturated heterocycles. The molecule has 0 aromatic heterocycles. The molecular weight excluding hydrogens is 132 g/mol. The van der Waals surface area contributed by atoms with Crippen LogP contribution in [-0.2, 0) is 9.53 Å². The number of carbonyl (C=O) groups excluding carboxylic acids is 1. The first kappa shape index (κ1) is 9.39. The fourth-order valence-electron chi connectivity index (χ4n) is 0.521. The first-order valence-electron chi connectivity index (χ1n) is 3.33. The number of hydrogen-bond donors (Lipinski definition) is 2. The third kappa shape index (κ3) is 7.39. The van der Waals surface area contributed by atoms with Gasteiger partial charge in [0.2, 0.25) is 5.91 Å². The standard InChI is InChI=1S/C6H14N2O2/c7-3-1-2-4-10-5-6(8)9/h1-5,7H2,(H2,8,9). The Morgan fingerprint density at radius 1 is 1.40 bits per heavy atom. The SMILES string of the molecule is NCCCCOCC(N)=O. The Bertz CT molecular complexity index is 95.7. The average molecular weight is 146 g/mol. The molecule has 0 radical (unpaired) electrons. The van der Waals surface area contributed by atoms with E-state index in [1.54, 1.807) is 0 Å². The van der Waals surface area contributed by atoms with Crippen LogP contribution in [-0.4, -0.2) is 25.7 Å². The quantitative estimate of drug-likeness (QED) is 0.483. The molecule has 0 rings (SSSR count). The van der Waals surface area contributed by atoms with E-state index in [0.717, 1.165) is 12.8 Å². The summed E-state index contributed by atoms with van der Waals surface area (Å²) in [5, 5.41) is 0. The van der Waals surface area contributed by atoms with E-state index >= 15 is 0 Å². The molecule has 0 saturated carbocycles. The maximum Gasteiger partial charge on any atom is 0.243 e. The minimum atomic E-state index is -0.423. The molecule has 0 heterocycles. The van der Waals surface area contributed by atoms with Crippen LogP contribution in [0.25, 0.3) is 0 Å². The molecule has 0 bridgehead atoms. The van der Waals surface area contributed by atoms with Gasteiger partial charge >= 0.3 is 0 Å². The lowest BCUT2D eigenvalue weighted by Gasteiger charge is -1.98. The van der Waals surface area contributed by atoms with E-state index in [0.29, 0.717) is 13.2 Å². The summed E-state index contributed by atoms with van der Waals surface area (Å²) >= 11 is 0. The predicted molar refractivity (Wildman–Crippen MR) is 38.3 cm³/mol. The minimum Gasteiger partial charge on any atom is -0.372 e. The summed E-state index contributed by atoms with van der Waals surface area (Å²) in [6.45, 7) is 1.25. The van der Waals surface area contributed by atoms with E-state index < -0.39 is 5.91 Å². The topological polar surface area (TPSA) is 78.3 Å². The molecule has 4 heteroatoms. The average Bonchev–Trinajstić information content (AvgIpc) is 1.87. The molecule has 4 N–H and O–H groups in total. The number of carbonyl (C=O) groups is 1. The molecule has 10 heavy (non-hydrogen) atoms. The van der Waals surface area contributed by atoms with E-state index in [1.165, 1.54) is 0 Å². The summed E-state index contributed by atoms with van der Waals surface area (Å²) < 4.78 is 4.87. The Hall–Kier alpha value is -0.610. The van der Waals surface area contributed by atoms with Crippen LogP contribution in [0.4, 0.5) is 0 Å². The second-order valence-electron chi connectivity index (χ2n) is 2.01. The van der Waals surface area contributed by atoms with Gasteiger partial charge in [0.25, 0.3) is 0 Å². The number of rotatable bonds is 6. The third-order valence-corrected chi connectivity index (χ3v) is 0.987. The fraction of sp³-hybridized carbons (Fsp3) is 0.833. The van der Waals surface area contributed by atoms with Crippen molar-refractivity contribution in [2.24, 2.45) is 11.5 Å². The molecule has 0 aliphatic carbocycles. The van der Waals surface area contributed by atoms with Crippen LogP contribution in [0.2, 0.25) is 0 Å². The maximum atomic E-state index is 10.1. The summed E-state index contributed by atoms with van der Waals surface area (Å²) in [6, 6.07) is 0. The fourth-order valence-corrected chi connectivity index (χ4v) is 0.521. The summed E-state index contributed by atoms with van der Waals surface area (Å²) in [4.78, 5) is 10.1. The summed E-state index contributed by atoms with van der Waals surface area (Å²) in [7, 11) is 0. The largest absolute Gasteiger partial charge is 0.372 e. The molecule has 0 aromatic carbocycles. The summed E-state index contributed by atoms with van der Waals surface area (Å²) in [6.07, 6.45) is 1.82. The van der Waals surface area contributed by atoms with Crippen molar-refractivity contribution < 1.29 is 9.53 Å². The predicted octanol–water partition coefficient (Wildman–Crippen LogP) is -0.773. The van der Waals surface area contributed by atoms with Crippen molar-refractivity contribution in [1.29, 1.82) is 0 Å². The number of nitrogens with two attached hydrogens (primary N) is 2. The first-order valence-corrected chi connectivity index (χ1v) is 3.33. The smallest absolute Gasteiger partial charge is 0.243 e. The molecule has 0 aromatic rings. The van der Waals surface area contributed by atoms with Gasteiger partial charge in [-0.05, 0) is 19.4 Å². The lowest BCUT2D eigenvalue weighted by atomic mass is 10.3. The third-order valence-electron chi connectivity index (χ3n) is 0.987. The lowest BCUT2D eigenvalue weighted by Crippen LogP contribution is -2.18. The highest BCUT2D eigenvalue weighted by atomic mass is 16.5. The number of primary amides is 1. The molecule has 0 unspecified atom stereocenters. The zero-order valence-electron chi connectivity index (χ0n) is 6.01. The molecule has 4 nitrogen and oxygen atoms in total. The Kier molecular flexibility index (Phi) is 6.11. The molecule has 0 aliphatic heterocycles. The van der Waals surface area contributed by atoms with E-state index in [9.17, 15) is 4.79 Å². The van der Waals surface area contributed by atoms with Gasteiger partial charge in [0, 0.05) is 6.61 Å². The van der Waals surface area contributed by atoms with Gasteiger partial charge in [-0.25, -0.2) is 0 Å². The van der Waals surface area contributed by atoms with Crippen LogP contribution in [0, 0.1) is 0 Å². The highest BCUT2D eigenvalue weighted by molar-refractivity contribution is 5.74. The second kappa shape index (κ2) is 6.51. The van der Waals surface area contributed by atoms with Crippen molar-refractivity contribution in [2.45, 2.75) is 12.8 Å². The van der Waals surface area contributed by atoms with E-state index in [4.69, 9.17) is 16.2 Å². The van der Waals surface area contributed by atoms with Gasteiger partial charge in [0.15, 0.2) is 0 Å². The van der Waals surface area contributed by atoms with Crippen LogP contribution < -0.4 is 11.5 Å². The Morgan fingerprint density at radius 3 is 2.60 bits per heavy atom. The molecule has 0 aliphatic rings. The van der Waals surface area contributed by atoms with E-state index in [1.807, 2.05) is 0 Å². The number of hydrogen-bond acceptors (Lipinski definition) is 3. The monoisotopic (exact) mass is 146 g/mol. The highest BCUT2D eigenvalue weighted by Crippen LogP contribution is 1.86. The summed E-state index contributed by atoms with van der Waals surface area (Å²) in [5.74, 6) is -0.423. The number of amides is 1. The van der Waals surface area contributed by atoms with Crippen molar-refractivity contribution in [3.8, 4) is 0 Å². The number of unbranched alkanes of at least 4 members (excludes halogenated alkanes) is 1. The van der Waals surface area contributed by atoms with Gasteiger partial charge in [-0.2, -0.15) is 0 Å². The minimum absolute atomic E-state index is 0.0184. The lowest BCUT2D eigenvalue weighted by molar-refractivity contribution is -0.122. The molecular formula is C6H14N2O2. The van der Waals surface area contributed by atoms with Crippen LogP contribution in [0.15, 0.2) is 0 Å². The van der Waals surface area contributed by atoms with E-state index in [-0.39, 0.29) is 6.61 Å². The van der Waals surface area contributed by atoms with Gasteiger partial charge in [-0.3, -0.25) is 4.79 Å². The molecule has 1 amide bonds. The zero-order valence-corrected chi connectivity index (χ0v) is 6.01. The van der Waals surface area contributed by atoms with E-state index in [2.05, 4.69) is 0 Å². The number of ether oxygens (including phenoxy) is 1. The highest BCUT2D eigenvalue weighted by Gasteiger charge is 1.92. The Morgan fingerprint density at radius 2 is 2.10 bits per heavy atom. The Labute approximate surface area is 60.5 Å². The molecule has 60 valence electrons. The van der Waals surface area contributed by atoms with Crippen LogP contribution in [0.5, 0.6) is 0 Å². The van der Waals surface area contributed by atoms with Crippen LogP contribution >= 0.6 is 0 Å². The van der Waals surface area contributed by atoms with Crippen molar-refractivity contribution in [3.63, 3.8) is 0 Å². The van der Waals surface area contributed by atoms with Crippen molar-refractivity contribution in [1.82, 2.24) is 0 Å². The first-order chi connectivity index (χ1) is 4.77. The molecule has 0 atom stereocenters. The molecule has 0 spiro atoms. The normalized spacial score (nSPS) is 9.70. The van der Waals surface area contributed by atoms with Crippen LogP contribution in [0.3, 0.4) is 0 Å².